The molecule has 0 aliphatic carbocycles. The van der Waals surface area contributed by atoms with E-state index in [1.165, 1.54) is 0 Å². The lowest BCUT2D eigenvalue weighted by Gasteiger charge is -2.11. The van der Waals surface area contributed by atoms with Crippen LogP contribution in [0.25, 0.3) is 0 Å². The monoisotopic (exact) mass is 195 g/mol. The number of carboxylic acids is 1. The zero-order valence-electron chi connectivity index (χ0n) is 6.54. The fourth-order valence-electron chi connectivity index (χ4n) is 0.568. The maximum absolute atomic E-state index is 10.6. The van der Waals surface area contributed by atoms with E-state index in [-0.39, 0.29) is 12.3 Å². The number of halogens is 1. The molecule has 1 amide bonds. The fraction of sp³-hybridized carbons (Fsp3) is 0.667. The van der Waals surface area contributed by atoms with Crippen LogP contribution in [0.5, 0.6) is 0 Å². The second kappa shape index (κ2) is 5.65. The summed E-state index contributed by atoms with van der Waals surface area (Å²) in [5.41, 5.74) is 0. The summed E-state index contributed by atoms with van der Waals surface area (Å²) >= 11 is 5.31. The normalized spacial score (nSPS) is 11.8. The van der Waals surface area contributed by atoms with Crippen molar-refractivity contribution in [3.63, 3.8) is 0 Å². The molecule has 0 heterocycles. The minimum absolute atomic E-state index is 0.168. The van der Waals surface area contributed by atoms with Gasteiger partial charge in [-0.3, -0.25) is 0 Å². The summed E-state index contributed by atoms with van der Waals surface area (Å²) in [4.78, 5) is 21.0. The van der Waals surface area contributed by atoms with Crippen LogP contribution in [-0.4, -0.2) is 36.2 Å². The molecule has 0 saturated heterocycles. The summed E-state index contributed by atoms with van der Waals surface area (Å²) in [7, 11) is 1.16. The minimum atomic E-state index is -1.12. The van der Waals surface area contributed by atoms with Gasteiger partial charge in [-0.2, -0.15) is 0 Å². The molecule has 0 aromatic carbocycles. The highest BCUT2D eigenvalue weighted by Crippen LogP contribution is 1.95. The second-order valence-electron chi connectivity index (χ2n) is 2.00. The van der Waals surface area contributed by atoms with E-state index >= 15 is 0 Å². The molecule has 70 valence electrons. The van der Waals surface area contributed by atoms with Gasteiger partial charge in [0, 0.05) is 5.88 Å². The van der Waals surface area contributed by atoms with E-state index in [1.807, 2.05) is 0 Å². The summed E-state index contributed by atoms with van der Waals surface area (Å²) in [5, 5.41) is 10.6. The highest BCUT2D eigenvalue weighted by Gasteiger charge is 2.18. The van der Waals surface area contributed by atoms with Gasteiger partial charge in [-0.1, -0.05) is 0 Å². The van der Waals surface area contributed by atoms with E-state index in [0.29, 0.717) is 0 Å². The van der Waals surface area contributed by atoms with Gasteiger partial charge in [0.25, 0.3) is 0 Å². The van der Waals surface area contributed by atoms with Crippen LogP contribution in [0.3, 0.4) is 0 Å². The van der Waals surface area contributed by atoms with Crippen molar-refractivity contribution in [3.8, 4) is 0 Å². The molecule has 0 aromatic heterocycles. The number of hydrogen-bond donors (Lipinski definition) is 2. The Labute approximate surface area is 74.6 Å². The van der Waals surface area contributed by atoms with Gasteiger partial charge in [0.05, 0.1) is 7.11 Å². The number of ether oxygens (including phenoxy) is 1. The average molecular weight is 196 g/mol. The predicted molar refractivity (Wildman–Crippen MR) is 42.3 cm³/mol. The molecule has 12 heavy (non-hydrogen) atoms. The molecule has 0 spiro atoms. The van der Waals surface area contributed by atoms with Gasteiger partial charge in [0.2, 0.25) is 0 Å². The molecule has 0 saturated carbocycles. The molecule has 0 fully saturated rings. The second-order valence-corrected chi connectivity index (χ2v) is 2.38. The Balaban J connectivity index is 3.95. The standard InChI is InChI=1S/C6H10ClNO4/c1-12-6(11)8-4(2-3-7)5(9)10/h4H,2-3H2,1H3,(H,8,11)(H,9,10). The number of rotatable bonds is 4. The van der Waals surface area contributed by atoms with Crippen molar-refractivity contribution in [3.05, 3.63) is 0 Å². The number of alkyl halides is 1. The molecule has 0 bridgehead atoms. The van der Waals surface area contributed by atoms with Gasteiger partial charge in [-0.05, 0) is 6.42 Å². The maximum atomic E-state index is 10.6. The lowest BCUT2D eigenvalue weighted by molar-refractivity contribution is -0.139. The molecule has 6 heteroatoms. The van der Waals surface area contributed by atoms with Crippen LogP contribution < -0.4 is 5.32 Å². The van der Waals surface area contributed by atoms with E-state index in [4.69, 9.17) is 16.7 Å². The first-order valence-corrected chi connectivity index (χ1v) is 3.78. The molecular weight excluding hydrogens is 186 g/mol. The first-order valence-electron chi connectivity index (χ1n) is 3.25. The topological polar surface area (TPSA) is 75.6 Å². The van der Waals surface area contributed by atoms with E-state index < -0.39 is 18.1 Å². The van der Waals surface area contributed by atoms with Crippen molar-refractivity contribution >= 4 is 23.7 Å². The Morgan fingerprint density at radius 3 is 2.58 bits per heavy atom. The van der Waals surface area contributed by atoms with Gasteiger partial charge in [-0.15, -0.1) is 11.6 Å². The molecule has 2 N–H and O–H groups in total. The molecular formula is C6H10ClNO4. The van der Waals surface area contributed by atoms with Crippen LogP contribution in [0.1, 0.15) is 6.42 Å². The van der Waals surface area contributed by atoms with E-state index in [1.54, 1.807) is 0 Å². The number of aliphatic carboxylic acids is 1. The Hall–Kier alpha value is -0.970. The van der Waals surface area contributed by atoms with Crippen molar-refractivity contribution in [2.24, 2.45) is 0 Å². The number of methoxy groups -OCH3 is 1. The molecule has 1 unspecified atom stereocenters. The number of carboxylic acid groups (broad SMARTS) is 1. The van der Waals surface area contributed by atoms with Crippen LogP contribution in [0.2, 0.25) is 0 Å². The van der Waals surface area contributed by atoms with Crippen LogP contribution in [-0.2, 0) is 9.53 Å². The molecule has 0 aliphatic heterocycles. The van der Waals surface area contributed by atoms with Crippen molar-refractivity contribution < 1.29 is 19.4 Å². The van der Waals surface area contributed by atoms with Crippen molar-refractivity contribution in [2.45, 2.75) is 12.5 Å². The number of carbonyl (C=O) groups excluding carboxylic acids is 1. The average Bonchev–Trinajstić information content (AvgIpc) is 2.03. The number of nitrogens with one attached hydrogen (secondary N) is 1. The van der Waals surface area contributed by atoms with E-state index in [0.717, 1.165) is 7.11 Å². The molecule has 1 atom stereocenters. The van der Waals surface area contributed by atoms with Gasteiger partial charge >= 0.3 is 12.1 Å². The van der Waals surface area contributed by atoms with Crippen LogP contribution >= 0.6 is 11.6 Å². The highest BCUT2D eigenvalue weighted by molar-refractivity contribution is 6.18. The summed E-state index contributed by atoms with van der Waals surface area (Å²) in [6.07, 6.45) is -0.598. The van der Waals surface area contributed by atoms with E-state index in [9.17, 15) is 9.59 Å². The van der Waals surface area contributed by atoms with Gasteiger partial charge < -0.3 is 15.2 Å². The van der Waals surface area contributed by atoms with Gasteiger partial charge in [0.1, 0.15) is 6.04 Å². The third-order valence-corrected chi connectivity index (χ3v) is 1.39. The quantitative estimate of drug-likeness (QED) is 0.638. The molecule has 5 nitrogen and oxygen atoms in total. The highest BCUT2D eigenvalue weighted by atomic mass is 35.5. The summed E-state index contributed by atoms with van der Waals surface area (Å²) in [6, 6.07) is -0.977. The minimum Gasteiger partial charge on any atom is -0.480 e. The zero-order chi connectivity index (χ0) is 9.56. The van der Waals surface area contributed by atoms with Crippen LogP contribution in [0.15, 0.2) is 0 Å². The van der Waals surface area contributed by atoms with Gasteiger partial charge in [-0.25, -0.2) is 9.59 Å². The first-order chi connectivity index (χ1) is 5.61. The molecule has 0 rings (SSSR count). The Morgan fingerprint density at radius 1 is 1.67 bits per heavy atom. The van der Waals surface area contributed by atoms with Gasteiger partial charge in [0.15, 0.2) is 0 Å². The third kappa shape index (κ3) is 4.02. The van der Waals surface area contributed by atoms with Crippen molar-refractivity contribution in [2.75, 3.05) is 13.0 Å². The SMILES string of the molecule is COC(=O)NC(CCCl)C(=O)O. The summed E-state index contributed by atoms with van der Waals surface area (Å²) < 4.78 is 4.22. The maximum Gasteiger partial charge on any atom is 0.407 e. The van der Waals surface area contributed by atoms with Crippen molar-refractivity contribution in [1.82, 2.24) is 5.32 Å². The Morgan fingerprint density at radius 2 is 2.25 bits per heavy atom. The Kier molecular flexibility index (Phi) is 5.19. The smallest absolute Gasteiger partial charge is 0.407 e. The van der Waals surface area contributed by atoms with E-state index in [2.05, 4.69) is 10.1 Å². The lowest BCUT2D eigenvalue weighted by atomic mass is 10.2. The summed E-state index contributed by atoms with van der Waals surface area (Å²) in [5.74, 6) is -0.956. The first kappa shape index (κ1) is 11.0. The number of carbonyl (C=O) groups is 2. The lowest BCUT2D eigenvalue weighted by Crippen LogP contribution is -2.40. The molecule has 0 aliphatic rings. The molecule has 0 radical (unpaired) electrons. The largest absolute Gasteiger partial charge is 0.480 e. The third-order valence-electron chi connectivity index (χ3n) is 1.17. The number of alkyl carbamates (subject to hydrolysis) is 1. The number of amides is 1. The van der Waals surface area contributed by atoms with Crippen LogP contribution in [0.4, 0.5) is 4.79 Å². The predicted octanol–water partition coefficient (Wildman–Crippen LogP) is 0.425. The zero-order valence-corrected chi connectivity index (χ0v) is 7.30. The summed E-state index contributed by atoms with van der Waals surface area (Å²) in [6.45, 7) is 0. The van der Waals surface area contributed by atoms with Crippen LogP contribution in [0, 0.1) is 0 Å². The fourth-order valence-corrected chi connectivity index (χ4v) is 0.786. The Bertz CT molecular complexity index is 171. The number of hydrogen-bond acceptors (Lipinski definition) is 3. The van der Waals surface area contributed by atoms with Crippen molar-refractivity contribution in [1.29, 1.82) is 0 Å². The molecule has 0 aromatic rings.